The maximum absolute atomic E-state index is 8.83. The van der Waals surface area contributed by atoms with Crippen molar-refractivity contribution in [2.24, 2.45) is 0 Å². The van der Waals surface area contributed by atoms with Gasteiger partial charge in [0, 0.05) is 12.0 Å². The number of aromatic nitrogens is 1. The Morgan fingerprint density at radius 2 is 2.22 bits per heavy atom. The van der Waals surface area contributed by atoms with Gasteiger partial charge in [-0.05, 0) is 31.9 Å². The lowest BCUT2D eigenvalue weighted by atomic mass is 10.1. The van der Waals surface area contributed by atoms with Gasteiger partial charge in [0.1, 0.15) is 10.8 Å². The first-order valence-electron chi connectivity index (χ1n) is 5.95. The lowest BCUT2D eigenvalue weighted by Crippen LogP contribution is -1.91. The summed E-state index contributed by atoms with van der Waals surface area (Å²) in [5.74, 6) is 0.851. The van der Waals surface area contributed by atoms with Crippen LogP contribution in [0.15, 0.2) is 23.6 Å². The van der Waals surface area contributed by atoms with Gasteiger partial charge in [-0.2, -0.15) is 0 Å². The molecular weight excluding hydrogens is 246 g/mol. The summed E-state index contributed by atoms with van der Waals surface area (Å²) < 4.78 is 5.37. The fourth-order valence-electron chi connectivity index (χ4n) is 1.79. The highest BCUT2D eigenvalue weighted by atomic mass is 32.1. The van der Waals surface area contributed by atoms with Crippen molar-refractivity contribution in [3.63, 3.8) is 0 Å². The maximum atomic E-state index is 8.83. The minimum Gasteiger partial charge on any atom is -0.496 e. The monoisotopic (exact) mass is 263 g/mol. The van der Waals surface area contributed by atoms with Crippen LogP contribution in [0.3, 0.4) is 0 Å². The van der Waals surface area contributed by atoms with Crippen molar-refractivity contribution in [2.45, 2.75) is 19.8 Å². The topological polar surface area (TPSA) is 42.4 Å². The Labute approximate surface area is 111 Å². The van der Waals surface area contributed by atoms with Crippen molar-refractivity contribution >= 4 is 11.3 Å². The number of thiazole rings is 1. The largest absolute Gasteiger partial charge is 0.496 e. The second-order valence-corrected chi connectivity index (χ2v) is 5.03. The molecule has 0 atom stereocenters. The molecule has 0 aliphatic rings. The van der Waals surface area contributed by atoms with Crippen LogP contribution in [0, 0.1) is 6.92 Å². The van der Waals surface area contributed by atoms with Crippen LogP contribution >= 0.6 is 11.3 Å². The Morgan fingerprint density at radius 1 is 1.39 bits per heavy atom. The van der Waals surface area contributed by atoms with Gasteiger partial charge in [-0.3, -0.25) is 0 Å². The van der Waals surface area contributed by atoms with Gasteiger partial charge in [-0.15, -0.1) is 11.3 Å². The summed E-state index contributed by atoms with van der Waals surface area (Å²) in [6.45, 7) is 2.27. The minimum absolute atomic E-state index is 0.209. The number of rotatable bonds is 5. The molecule has 0 unspecified atom stereocenters. The van der Waals surface area contributed by atoms with Crippen LogP contribution in [0.4, 0.5) is 0 Å². The van der Waals surface area contributed by atoms with Crippen LogP contribution in [-0.2, 0) is 6.42 Å². The SMILES string of the molecule is COc1ccc(C)cc1-c1nc(CCCO)cs1. The van der Waals surface area contributed by atoms with Crippen molar-refractivity contribution in [1.82, 2.24) is 4.98 Å². The molecule has 0 bridgehead atoms. The van der Waals surface area contributed by atoms with Crippen LogP contribution in [-0.4, -0.2) is 23.8 Å². The predicted octanol–water partition coefficient (Wildman–Crippen LogP) is 3.05. The molecule has 0 amide bonds. The van der Waals surface area contributed by atoms with E-state index in [0.29, 0.717) is 0 Å². The Balaban J connectivity index is 2.30. The van der Waals surface area contributed by atoms with Gasteiger partial charge < -0.3 is 9.84 Å². The lowest BCUT2D eigenvalue weighted by Gasteiger charge is -2.06. The maximum Gasteiger partial charge on any atom is 0.129 e. The van der Waals surface area contributed by atoms with Crippen LogP contribution < -0.4 is 4.74 Å². The van der Waals surface area contributed by atoms with Gasteiger partial charge >= 0.3 is 0 Å². The Morgan fingerprint density at radius 3 is 2.94 bits per heavy atom. The van der Waals surface area contributed by atoms with E-state index in [1.54, 1.807) is 18.4 Å². The number of aryl methyl sites for hydroxylation is 2. The third kappa shape index (κ3) is 2.89. The molecular formula is C14H17NO2S. The first-order valence-corrected chi connectivity index (χ1v) is 6.83. The Hall–Kier alpha value is -1.39. The van der Waals surface area contributed by atoms with E-state index in [-0.39, 0.29) is 6.61 Å². The number of nitrogens with zero attached hydrogens (tertiary/aromatic N) is 1. The van der Waals surface area contributed by atoms with Gasteiger partial charge in [0.2, 0.25) is 0 Å². The molecule has 2 rings (SSSR count). The van der Waals surface area contributed by atoms with Crippen molar-refractivity contribution in [3.05, 3.63) is 34.8 Å². The summed E-state index contributed by atoms with van der Waals surface area (Å²) in [7, 11) is 1.68. The third-order valence-corrected chi connectivity index (χ3v) is 3.65. The number of hydrogen-bond donors (Lipinski definition) is 1. The molecule has 0 spiro atoms. The normalized spacial score (nSPS) is 10.6. The molecule has 3 nitrogen and oxygen atoms in total. The van der Waals surface area contributed by atoms with E-state index in [4.69, 9.17) is 9.84 Å². The standard InChI is InChI=1S/C14H17NO2S/c1-10-5-6-13(17-2)12(8-10)14-15-11(9-18-14)4-3-7-16/h5-6,8-9,16H,3-4,7H2,1-2H3. The van der Waals surface area contributed by atoms with E-state index in [0.717, 1.165) is 34.9 Å². The third-order valence-electron chi connectivity index (χ3n) is 2.73. The van der Waals surface area contributed by atoms with Crippen LogP contribution in [0.2, 0.25) is 0 Å². The molecule has 4 heteroatoms. The van der Waals surface area contributed by atoms with E-state index in [1.807, 2.05) is 17.5 Å². The van der Waals surface area contributed by atoms with Gasteiger partial charge in [0.05, 0.1) is 18.4 Å². The number of methoxy groups -OCH3 is 1. The summed E-state index contributed by atoms with van der Waals surface area (Å²) in [6.07, 6.45) is 1.58. The zero-order chi connectivity index (χ0) is 13.0. The molecule has 0 radical (unpaired) electrons. The fourth-order valence-corrected chi connectivity index (χ4v) is 2.67. The zero-order valence-corrected chi connectivity index (χ0v) is 11.5. The average Bonchev–Trinajstić information content (AvgIpc) is 2.85. The highest BCUT2D eigenvalue weighted by Crippen LogP contribution is 2.33. The molecule has 1 heterocycles. The molecule has 1 aromatic heterocycles. The number of ether oxygens (including phenoxy) is 1. The minimum atomic E-state index is 0.209. The second-order valence-electron chi connectivity index (χ2n) is 4.17. The van der Waals surface area contributed by atoms with Crippen molar-refractivity contribution in [1.29, 1.82) is 0 Å². The van der Waals surface area contributed by atoms with E-state index in [2.05, 4.69) is 18.0 Å². The lowest BCUT2D eigenvalue weighted by molar-refractivity contribution is 0.288. The summed E-state index contributed by atoms with van der Waals surface area (Å²) >= 11 is 1.62. The first kappa shape index (κ1) is 13.1. The highest BCUT2D eigenvalue weighted by Gasteiger charge is 2.10. The van der Waals surface area contributed by atoms with Gasteiger partial charge in [0.15, 0.2) is 0 Å². The molecule has 0 aliphatic heterocycles. The molecule has 18 heavy (non-hydrogen) atoms. The van der Waals surface area contributed by atoms with E-state index in [1.165, 1.54) is 5.56 Å². The Kier molecular flexibility index (Phi) is 4.33. The van der Waals surface area contributed by atoms with E-state index in [9.17, 15) is 0 Å². The number of aliphatic hydroxyl groups is 1. The molecule has 1 N–H and O–H groups in total. The Bertz CT molecular complexity index is 522. The second kappa shape index (κ2) is 5.98. The molecule has 0 aliphatic carbocycles. The molecule has 0 saturated heterocycles. The molecule has 2 aromatic rings. The number of aliphatic hydroxyl groups excluding tert-OH is 1. The summed E-state index contributed by atoms with van der Waals surface area (Å²) in [6, 6.07) is 6.09. The van der Waals surface area contributed by atoms with E-state index >= 15 is 0 Å². The summed E-state index contributed by atoms with van der Waals surface area (Å²) in [4.78, 5) is 4.60. The van der Waals surface area contributed by atoms with Crippen LogP contribution in [0.1, 0.15) is 17.7 Å². The molecule has 96 valence electrons. The van der Waals surface area contributed by atoms with Gasteiger partial charge in [-0.1, -0.05) is 11.6 Å². The van der Waals surface area contributed by atoms with Crippen molar-refractivity contribution in [3.8, 4) is 16.3 Å². The van der Waals surface area contributed by atoms with Crippen LogP contribution in [0.5, 0.6) is 5.75 Å². The van der Waals surface area contributed by atoms with Gasteiger partial charge in [-0.25, -0.2) is 4.98 Å². The van der Waals surface area contributed by atoms with Crippen molar-refractivity contribution in [2.75, 3.05) is 13.7 Å². The number of hydrogen-bond acceptors (Lipinski definition) is 4. The molecule has 0 fully saturated rings. The van der Waals surface area contributed by atoms with E-state index < -0.39 is 0 Å². The predicted molar refractivity (Wildman–Crippen MR) is 74.2 cm³/mol. The van der Waals surface area contributed by atoms with Crippen molar-refractivity contribution < 1.29 is 9.84 Å². The van der Waals surface area contributed by atoms with Crippen LogP contribution in [0.25, 0.3) is 10.6 Å². The smallest absolute Gasteiger partial charge is 0.129 e. The average molecular weight is 263 g/mol. The zero-order valence-electron chi connectivity index (χ0n) is 10.6. The number of benzene rings is 1. The molecule has 1 aromatic carbocycles. The summed E-state index contributed by atoms with van der Waals surface area (Å²) in [5.41, 5.74) is 3.27. The fraction of sp³-hybridized carbons (Fsp3) is 0.357. The quantitative estimate of drug-likeness (QED) is 0.901. The summed E-state index contributed by atoms with van der Waals surface area (Å²) in [5, 5.41) is 11.8. The highest BCUT2D eigenvalue weighted by molar-refractivity contribution is 7.13. The molecule has 0 saturated carbocycles. The van der Waals surface area contributed by atoms with Gasteiger partial charge in [0.25, 0.3) is 0 Å². The first-order chi connectivity index (χ1) is 8.74.